The number of nitrogens with zero attached hydrogens (tertiary/aromatic N) is 1. The Morgan fingerprint density at radius 3 is 2.56 bits per heavy atom. The number of alkyl carbamates (subject to hydrolysis) is 1. The lowest BCUT2D eigenvalue weighted by Crippen LogP contribution is -2.40. The molecule has 1 amide bonds. The molecule has 3 aromatic rings. The van der Waals surface area contributed by atoms with Crippen LogP contribution in [0.3, 0.4) is 0 Å². The third-order valence-corrected chi connectivity index (χ3v) is 5.34. The normalized spacial score (nSPS) is 15.2. The molecule has 1 aliphatic heterocycles. The Labute approximate surface area is 190 Å². The van der Waals surface area contributed by atoms with Crippen molar-refractivity contribution in [2.24, 2.45) is 4.99 Å². The van der Waals surface area contributed by atoms with Crippen molar-refractivity contribution in [2.75, 3.05) is 7.11 Å². The highest BCUT2D eigenvalue weighted by molar-refractivity contribution is 6.30. The summed E-state index contributed by atoms with van der Waals surface area (Å²) >= 11 is 6.05. The highest BCUT2D eigenvalue weighted by Gasteiger charge is 2.28. The maximum absolute atomic E-state index is 12.9. The molecule has 0 saturated carbocycles. The lowest BCUT2D eigenvalue weighted by molar-refractivity contribution is -0.120. The predicted octanol–water partition coefficient (Wildman–Crippen LogP) is 4.56. The average Bonchev–Trinajstić information content (AvgIpc) is 2.95. The second-order valence-corrected chi connectivity index (χ2v) is 7.70. The molecule has 162 valence electrons. The van der Waals surface area contributed by atoms with E-state index in [1.165, 1.54) is 0 Å². The number of hydrogen-bond donors (Lipinski definition) is 1. The maximum atomic E-state index is 12.9. The van der Waals surface area contributed by atoms with E-state index in [2.05, 4.69) is 10.3 Å². The lowest BCUT2D eigenvalue weighted by atomic mass is 9.95. The Morgan fingerprint density at radius 2 is 1.84 bits per heavy atom. The number of carbonyl (C=O) groups is 2. The minimum Gasteiger partial charge on any atom is -0.497 e. The Bertz CT molecular complexity index is 1160. The van der Waals surface area contributed by atoms with Crippen LogP contribution in [-0.2, 0) is 22.6 Å². The molecule has 32 heavy (non-hydrogen) atoms. The van der Waals surface area contributed by atoms with Gasteiger partial charge < -0.3 is 9.47 Å². The fraction of sp³-hybridized carbons (Fsp3) is 0.160. The van der Waals surface area contributed by atoms with Crippen LogP contribution >= 0.6 is 11.6 Å². The van der Waals surface area contributed by atoms with Crippen molar-refractivity contribution < 1.29 is 19.1 Å². The molecule has 0 spiro atoms. The lowest BCUT2D eigenvalue weighted by Gasteiger charge is -2.14. The molecular formula is C25H21ClN2O4. The number of amides is 1. The van der Waals surface area contributed by atoms with Gasteiger partial charge in [0.15, 0.2) is 11.9 Å². The van der Waals surface area contributed by atoms with Crippen LogP contribution in [0.2, 0.25) is 5.02 Å². The van der Waals surface area contributed by atoms with Gasteiger partial charge in [0.05, 0.1) is 12.8 Å². The number of rotatable bonds is 5. The summed E-state index contributed by atoms with van der Waals surface area (Å²) < 4.78 is 10.6. The summed E-state index contributed by atoms with van der Waals surface area (Å²) in [5, 5.41) is 3.19. The summed E-state index contributed by atoms with van der Waals surface area (Å²) in [5.41, 5.74) is 3.74. The minimum absolute atomic E-state index is 0.0960. The van der Waals surface area contributed by atoms with Gasteiger partial charge in [-0.1, -0.05) is 60.1 Å². The van der Waals surface area contributed by atoms with Gasteiger partial charge in [-0.3, -0.25) is 15.1 Å². The summed E-state index contributed by atoms with van der Waals surface area (Å²) in [4.78, 5) is 30.0. The molecule has 3 aromatic carbocycles. The van der Waals surface area contributed by atoms with Crippen LogP contribution < -0.4 is 10.1 Å². The maximum Gasteiger partial charge on any atom is 0.409 e. The van der Waals surface area contributed by atoms with Crippen LogP contribution in [0.5, 0.6) is 5.75 Å². The van der Waals surface area contributed by atoms with Crippen LogP contribution in [0.25, 0.3) is 0 Å². The summed E-state index contributed by atoms with van der Waals surface area (Å²) in [6.07, 6.45) is -1.68. The van der Waals surface area contributed by atoms with E-state index in [4.69, 9.17) is 21.1 Å². The van der Waals surface area contributed by atoms with Gasteiger partial charge in [0.1, 0.15) is 12.4 Å². The average molecular weight is 449 g/mol. The van der Waals surface area contributed by atoms with Crippen molar-refractivity contribution in [2.45, 2.75) is 19.2 Å². The summed E-state index contributed by atoms with van der Waals surface area (Å²) in [6.45, 7) is 0.0960. The van der Waals surface area contributed by atoms with Gasteiger partial charge in [-0.15, -0.1) is 0 Å². The minimum atomic E-state index is -1.08. The van der Waals surface area contributed by atoms with E-state index in [9.17, 15) is 9.59 Å². The quantitative estimate of drug-likeness (QED) is 0.620. The zero-order valence-corrected chi connectivity index (χ0v) is 18.1. The van der Waals surface area contributed by atoms with Crippen molar-refractivity contribution in [3.63, 3.8) is 0 Å². The van der Waals surface area contributed by atoms with Gasteiger partial charge in [-0.25, -0.2) is 4.79 Å². The second-order valence-electron chi connectivity index (χ2n) is 7.26. The van der Waals surface area contributed by atoms with E-state index in [-0.39, 0.29) is 18.8 Å². The Kier molecular flexibility index (Phi) is 6.52. The number of hydrogen-bond acceptors (Lipinski definition) is 5. The topological polar surface area (TPSA) is 77.0 Å². The van der Waals surface area contributed by atoms with E-state index in [0.717, 1.165) is 22.3 Å². The molecule has 0 radical (unpaired) electrons. The molecule has 1 atom stereocenters. The number of ether oxygens (including phenoxy) is 2. The molecule has 1 heterocycles. The molecule has 0 bridgehead atoms. The number of methoxy groups -OCH3 is 1. The fourth-order valence-corrected chi connectivity index (χ4v) is 3.57. The Balaban J connectivity index is 1.64. The smallest absolute Gasteiger partial charge is 0.409 e. The van der Waals surface area contributed by atoms with Gasteiger partial charge in [-0.05, 0) is 35.4 Å². The molecule has 0 fully saturated rings. The summed E-state index contributed by atoms with van der Waals surface area (Å²) in [6, 6.07) is 21.9. The molecular weight excluding hydrogens is 428 g/mol. The zero-order valence-electron chi connectivity index (χ0n) is 17.4. The van der Waals surface area contributed by atoms with Crippen LogP contribution in [0.15, 0.2) is 77.8 Å². The largest absolute Gasteiger partial charge is 0.497 e. The van der Waals surface area contributed by atoms with Gasteiger partial charge in [0.2, 0.25) is 0 Å². The second kappa shape index (κ2) is 9.66. The Hall–Kier alpha value is -3.64. The van der Waals surface area contributed by atoms with Crippen molar-refractivity contribution in [1.82, 2.24) is 5.32 Å². The summed E-state index contributed by atoms with van der Waals surface area (Å²) in [5.74, 6) is 0.406. The number of aliphatic imine (C=N–C) groups is 1. The van der Waals surface area contributed by atoms with Crippen LogP contribution in [0.4, 0.5) is 4.79 Å². The first-order valence-electron chi connectivity index (χ1n) is 10.0. The molecule has 0 aliphatic carbocycles. The number of fused-ring (bicyclic) bond motifs is 1. The molecule has 1 unspecified atom stereocenters. The van der Waals surface area contributed by atoms with Crippen molar-refractivity contribution >= 4 is 29.2 Å². The SMILES string of the molecule is COc1ccc2c(c1)C(c1ccc(Cl)cc1)=NC(NC(=O)OCc1ccccc1)C(=O)C2. The van der Waals surface area contributed by atoms with E-state index in [0.29, 0.717) is 16.5 Å². The first-order chi connectivity index (χ1) is 15.5. The number of carbonyl (C=O) groups excluding carboxylic acids is 2. The monoisotopic (exact) mass is 448 g/mol. The first-order valence-corrected chi connectivity index (χ1v) is 10.4. The van der Waals surface area contributed by atoms with Gasteiger partial charge in [0, 0.05) is 22.6 Å². The molecule has 1 N–H and O–H groups in total. The van der Waals surface area contributed by atoms with Crippen molar-refractivity contribution in [3.8, 4) is 5.75 Å². The molecule has 0 saturated heterocycles. The molecule has 0 aromatic heterocycles. The van der Waals surface area contributed by atoms with E-state index in [1.54, 1.807) is 25.3 Å². The third-order valence-electron chi connectivity index (χ3n) is 5.08. The zero-order chi connectivity index (χ0) is 22.5. The van der Waals surface area contributed by atoms with Gasteiger partial charge in [0.25, 0.3) is 0 Å². The molecule has 1 aliphatic rings. The Morgan fingerprint density at radius 1 is 1.09 bits per heavy atom. The van der Waals surface area contributed by atoms with Crippen molar-refractivity contribution in [1.29, 1.82) is 0 Å². The standard InChI is InChI=1S/C25H21ClN2O4/c1-31-20-12-9-18-13-22(29)24(28-25(30)32-15-16-5-3-2-4-6-16)27-23(21(18)14-20)17-7-10-19(26)11-8-17/h2-12,14,24H,13,15H2,1H3,(H,28,30). The number of benzene rings is 3. The number of halogens is 1. The highest BCUT2D eigenvalue weighted by Crippen LogP contribution is 2.26. The molecule has 4 rings (SSSR count). The molecule has 7 heteroatoms. The van der Waals surface area contributed by atoms with Gasteiger partial charge >= 0.3 is 6.09 Å². The van der Waals surface area contributed by atoms with E-state index >= 15 is 0 Å². The van der Waals surface area contributed by atoms with Crippen molar-refractivity contribution in [3.05, 3.63) is 100 Å². The number of nitrogens with one attached hydrogen (secondary N) is 1. The first kappa shape index (κ1) is 21.6. The van der Waals surface area contributed by atoms with Crippen LogP contribution in [-0.4, -0.2) is 30.9 Å². The third kappa shape index (κ3) is 4.98. The predicted molar refractivity (Wildman–Crippen MR) is 122 cm³/mol. The summed E-state index contributed by atoms with van der Waals surface area (Å²) in [7, 11) is 1.58. The fourth-order valence-electron chi connectivity index (χ4n) is 3.44. The number of Topliss-reactive ketones (excluding diaryl/α,β-unsaturated/α-hetero) is 1. The van der Waals surface area contributed by atoms with E-state index < -0.39 is 12.3 Å². The molecule has 6 nitrogen and oxygen atoms in total. The highest BCUT2D eigenvalue weighted by atomic mass is 35.5. The number of ketones is 1. The van der Waals surface area contributed by atoms with Crippen LogP contribution in [0.1, 0.15) is 22.3 Å². The van der Waals surface area contributed by atoms with E-state index in [1.807, 2.05) is 54.6 Å². The van der Waals surface area contributed by atoms with Gasteiger partial charge in [-0.2, -0.15) is 0 Å². The van der Waals surface area contributed by atoms with Crippen LogP contribution in [0, 0.1) is 0 Å².